The molecule has 0 unspecified atom stereocenters. The summed E-state index contributed by atoms with van der Waals surface area (Å²) in [5.41, 5.74) is -0.627. The number of nitrogens with one attached hydrogen (secondary N) is 1. The predicted molar refractivity (Wildman–Crippen MR) is 50.2 cm³/mol. The number of hydrogen-bond acceptors (Lipinski definition) is 2. The Morgan fingerprint density at radius 3 is 2.58 bits per heavy atom. The van der Waals surface area contributed by atoms with Crippen molar-refractivity contribution >= 4 is 21.8 Å². The number of amides is 1. The fourth-order valence-electron chi connectivity index (χ4n) is 1.52. The first-order valence-corrected chi connectivity index (χ1v) is 5.33. The van der Waals surface area contributed by atoms with Crippen molar-refractivity contribution in [1.29, 1.82) is 0 Å². The van der Waals surface area contributed by atoms with Gasteiger partial charge in [0.1, 0.15) is 0 Å². The Hall–Kier alpha value is -0.0900. The van der Waals surface area contributed by atoms with E-state index in [0.717, 1.165) is 25.7 Å². The summed E-state index contributed by atoms with van der Waals surface area (Å²) in [6.45, 7) is 0.400. The second-order valence-electron chi connectivity index (χ2n) is 3.34. The molecular formula is C8H14BrNO2. The molecule has 1 rings (SSSR count). The van der Waals surface area contributed by atoms with E-state index in [4.69, 9.17) is 0 Å². The van der Waals surface area contributed by atoms with Crippen molar-refractivity contribution in [3.05, 3.63) is 0 Å². The first kappa shape index (κ1) is 9.99. The van der Waals surface area contributed by atoms with Crippen LogP contribution < -0.4 is 5.32 Å². The molecule has 0 aromatic carbocycles. The van der Waals surface area contributed by atoms with Gasteiger partial charge in [0.05, 0.1) is 10.9 Å². The molecular weight excluding hydrogens is 222 g/mol. The maximum absolute atomic E-state index is 10.8. The number of carbonyl (C=O) groups is 1. The Morgan fingerprint density at radius 2 is 2.08 bits per heavy atom. The molecule has 12 heavy (non-hydrogen) atoms. The Balaban J connectivity index is 2.25. The van der Waals surface area contributed by atoms with E-state index in [-0.39, 0.29) is 5.91 Å². The molecule has 4 heteroatoms. The molecule has 0 saturated heterocycles. The third-order valence-corrected chi connectivity index (χ3v) is 2.78. The normalized spacial score (nSPS) is 20.8. The van der Waals surface area contributed by atoms with Gasteiger partial charge in [0.25, 0.3) is 0 Å². The molecule has 0 bridgehead atoms. The van der Waals surface area contributed by atoms with Gasteiger partial charge >= 0.3 is 0 Å². The lowest BCUT2D eigenvalue weighted by Gasteiger charge is -2.21. The molecule has 2 N–H and O–H groups in total. The molecule has 1 aliphatic rings. The van der Waals surface area contributed by atoms with Crippen LogP contribution in [0.25, 0.3) is 0 Å². The van der Waals surface area contributed by atoms with Gasteiger partial charge in [-0.15, -0.1) is 0 Å². The molecule has 1 fully saturated rings. The number of aliphatic hydroxyl groups is 1. The standard InChI is InChI=1S/C8H14BrNO2/c9-5-7(11)10-6-8(12)3-1-2-4-8/h12H,1-6H2,(H,10,11). The molecule has 0 aromatic heterocycles. The summed E-state index contributed by atoms with van der Waals surface area (Å²) in [6.07, 6.45) is 3.77. The number of alkyl halides is 1. The van der Waals surface area contributed by atoms with E-state index < -0.39 is 5.60 Å². The summed E-state index contributed by atoms with van der Waals surface area (Å²) in [4.78, 5) is 10.8. The van der Waals surface area contributed by atoms with Crippen LogP contribution in [-0.4, -0.2) is 28.5 Å². The first-order valence-electron chi connectivity index (χ1n) is 4.21. The van der Waals surface area contributed by atoms with Gasteiger partial charge in [-0.1, -0.05) is 28.8 Å². The summed E-state index contributed by atoms with van der Waals surface area (Å²) >= 11 is 3.05. The minimum absolute atomic E-state index is 0.0599. The van der Waals surface area contributed by atoms with Crippen LogP contribution >= 0.6 is 15.9 Å². The number of rotatable bonds is 3. The smallest absolute Gasteiger partial charge is 0.230 e. The second kappa shape index (κ2) is 4.23. The van der Waals surface area contributed by atoms with Crippen LogP contribution in [0, 0.1) is 0 Å². The van der Waals surface area contributed by atoms with E-state index in [1.54, 1.807) is 0 Å². The van der Waals surface area contributed by atoms with Gasteiger partial charge < -0.3 is 10.4 Å². The average Bonchev–Trinajstić information content (AvgIpc) is 2.49. The van der Waals surface area contributed by atoms with Crippen LogP contribution in [0.4, 0.5) is 0 Å². The van der Waals surface area contributed by atoms with Crippen LogP contribution in [0.2, 0.25) is 0 Å². The molecule has 1 saturated carbocycles. The Kier molecular flexibility index (Phi) is 3.53. The third kappa shape index (κ3) is 2.75. The Bertz CT molecular complexity index is 166. The van der Waals surface area contributed by atoms with Gasteiger partial charge in [-0.3, -0.25) is 4.79 Å². The highest BCUT2D eigenvalue weighted by Gasteiger charge is 2.30. The van der Waals surface area contributed by atoms with Crippen LogP contribution in [0.1, 0.15) is 25.7 Å². The molecule has 0 aromatic rings. The molecule has 3 nitrogen and oxygen atoms in total. The lowest BCUT2D eigenvalue weighted by Crippen LogP contribution is -2.41. The summed E-state index contributed by atoms with van der Waals surface area (Å²) in [5, 5.41) is 12.8. The maximum atomic E-state index is 10.8. The van der Waals surface area contributed by atoms with E-state index in [0.29, 0.717) is 11.9 Å². The van der Waals surface area contributed by atoms with Crippen molar-refractivity contribution in [2.75, 3.05) is 11.9 Å². The van der Waals surface area contributed by atoms with Gasteiger partial charge in [-0.05, 0) is 12.8 Å². The van der Waals surface area contributed by atoms with Crippen molar-refractivity contribution in [2.45, 2.75) is 31.3 Å². The zero-order valence-corrected chi connectivity index (χ0v) is 8.56. The largest absolute Gasteiger partial charge is 0.388 e. The van der Waals surface area contributed by atoms with E-state index in [1.807, 2.05) is 0 Å². The number of carbonyl (C=O) groups excluding carboxylic acids is 1. The van der Waals surface area contributed by atoms with E-state index in [1.165, 1.54) is 0 Å². The highest BCUT2D eigenvalue weighted by molar-refractivity contribution is 9.09. The first-order chi connectivity index (χ1) is 5.66. The fraction of sp³-hybridized carbons (Fsp3) is 0.875. The minimum Gasteiger partial charge on any atom is -0.388 e. The Labute approximate surface area is 80.7 Å². The third-order valence-electron chi connectivity index (χ3n) is 2.27. The van der Waals surface area contributed by atoms with Gasteiger partial charge in [-0.2, -0.15) is 0 Å². The average molecular weight is 236 g/mol. The van der Waals surface area contributed by atoms with Crippen molar-refractivity contribution in [1.82, 2.24) is 5.32 Å². The zero-order valence-electron chi connectivity index (χ0n) is 6.98. The molecule has 0 aliphatic heterocycles. The van der Waals surface area contributed by atoms with E-state index in [9.17, 15) is 9.90 Å². The quantitative estimate of drug-likeness (QED) is 0.712. The highest BCUT2D eigenvalue weighted by atomic mass is 79.9. The Morgan fingerprint density at radius 1 is 1.50 bits per heavy atom. The summed E-state index contributed by atoms with van der Waals surface area (Å²) in [5.74, 6) is -0.0599. The SMILES string of the molecule is O=C(CBr)NCC1(O)CCCC1. The van der Waals surface area contributed by atoms with Crippen LogP contribution in [0.5, 0.6) is 0 Å². The van der Waals surface area contributed by atoms with Crippen molar-refractivity contribution in [3.8, 4) is 0 Å². The molecule has 0 radical (unpaired) electrons. The summed E-state index contributed by atoms with van der Waals surface area (Å²) < 4.78 is 0. The van der Waals surface area contributed by atoms with Crippen LogP contribution in [-0.2, 0) is 4.79 Å². The second-order valence-corrected chi connectivity index (χ2v) is 3.90. The molecule has 70 valence electrons. The van der Waals surface area contributed by atoms with Crippen molar-refractivity contribution < 1.29 is 9.90 Å². The topological polar surface area (TPSA) is 49.3 Å². The number of hydrogen-bond donors (Lipinski definition) is 2. The zero-order chi connectivity index (χ0) is 9.03. The monoisotopic (exact) mass is 235 g/mol. The van der Waals surface area contributed by atoms with Crippen LogP contribution in [0.15, 0.2) is 0 Å². The predicted octanol–water partition coefficient (Wildman–Crippen LogP) is 0.803. The van der Waals surface area contributed by atoms with Crippen LogP contribution in [0.3, 0.4) is 0 Å². The van der Waals surface area contributed by atoms with Gasteiger partial charge in [0.2, 0.25) is 5.91 Å². The molecule has 1 aliphatic carbocycles. The van der Waals surface area contributed by atoms with Crippen molar-refractivity contribution in [3.63, 3.8) is 0 Å². The minimum atomic E-state index is -0.627. The molecule has 0 atom stereocenters. The van der Waals surface area contributed by atoms with E-state index >= 15 is 0 Å². The fourth-order valence-corrected chi connectivity index (χ4v) is 1.72. The number of halogens is 1. The van der Waals surface area contributed by atoms with Gasteiger partial charge in [-0.25, -0.2) is 0 Å². The van der Waals surface area contributed by atoms with Crippen molar-refractivity contribution in [2.24, 2.45) is 0 Å². The summed E-state index contributed by atoms with van der Waals surface area (Å²) in [7, 11) is 0. The van der Waals surface area contributed by atoms with Gasteiger partial charge in [0.15, 0.2) is 0 Å². The highest BCUT2D eigenvalue weighted by Crippen LogP contribution is 2.28. The molecule has 0 spiro atoms. The summed E-state index contributed by atoms with van der Waals surface area (Å²) in [6, 6.07) is 0. The molecule has 0 heterocycles. The molecule has 1 amide bonds. The lowest BCUT2D eigenvalue weighted by molar-refractivity contribution is -0.119. The maximum Gasteiger partial charge on any atom is 0.230 e. The lowest BCUT2D eigenvalue weighted by atomic mass is 10.0. The van der Waals surface area contributed by atoms with Gasteiger partial charge in [0, 0.05) is 6.54 Å². The van der Waals surface area contributed by atoms with E-state index in [2.05, 4.69) is 21.2 Å².